The molecule has 0 heterocycles. The number of amides is 1. The molecule has 0 atom stereocenters. The van der Waals surface area contributed by atoms with E-state index < -0.39 is 22.5 Å². The number of nitrogens with zero attached hydrogens (tertiary/aromatic N) is 2. The number of hydrogen-bond acceptors (Lipinski definition) is 4. The van der Waals surface area contributed by atoms with E-state index in [1.807, 2.05) is 30.3 Å². The number of hydrazone groups is 1. The highest BCUT2D eigenvalue weighted by Gasteiger charge is 2.23. The zero-order valence-corrected chi connectivity index (χ0v) is 17.9. The third-order valence-corrected chi connectivity index (χ3v) is 5.81. The largest absolute Gasteiger partial charge is 0.271 e. The van der Waals surface area contributed by atoms with E-state index in [-0.39, 0.29) is 15.7 Å². The Morgan fingerprint density at radius 2 is 1.79 bits per heavy atom. The lowest BCUT2D eigenvalue weighted by molar-refractivity contribution is -0.119. The normalized spacial score (nSPS) is 11.9. The van der Waals surface area contributed by atoms with Gasteiger partial charge in [-0.25, -0.2) is 13.8 Å². The molecule has 0 aliphatic heterocycles. The monoisotopic (exact) mass is 441 g/mol. The summed E-state index contributed by atoms with van der Waals surface area (Å²) in [7, 11) is -3.76. The molecule has 1 amide bonds. The van der Waals surface area contributed by atoms with E-state index in [0.717, 1.165) is 22.7 Å². The fourth-order valence-corrected chi connectivity index (χ4v) is 3.72. The quantitative estimate of drug-likeness (QED) is 0.498. The summed E-state index contributed by atoms with van der Waals surface area (Å²) in [5.74, 6) is -0.583. The second kappa shape index (κ2) is 9.91. The van der Waals surface area contributed by atoms with Gasteiger partial charge in [-0.05, 0) is 37.5 Å². The van der Waals surface area contributed by atoms with E-state index in [1.165, 1.54) is 17.7 Å². The average Bonchev–Trinajstić information content (AvgIpc) is 2.65. The van der Waals surface area contributed by atoms with Crippen molar-refractivity contribution in [1.82, 2.24) is 5.43 Å². The summed E-state index contributed by atoms with van der Waals surface area (Å²) in [4.78, 5) is 12.2. The zero-order chi connectivity index (χ0) is 20.7. The Kier molecular flexibility index (Phi) is 7.86. The van der Waals surface area contributed by atoms with Gasteiger partial charge < -0.3 is 0 Å². The van der Waals surface area contributed by atoms with E-state index >= 15 is 0 Å². The topological polar surface area (TPSA) is 78.8 Å². The Hall–Kier alpha value is -2.09. The van der Waals surface area contributed by atoms with Crippen molar-refractivity contribution in [3.8, 4) is 0 Å². The fraction of sp³-hybridized carbons (Fsp3) is 0.263. The highest BCUT2D eigenvalue weighted by atomic mass is 35.5. The smallest absolute Gasteiger partial charge is 0.260 e. The number of carbonyl (C=O) groups is 1. The van der Waals surface area contributed by atoms with Crippen LogP contribution in [0, 0.1) is 0 Å². The van der Waals surface area contributed by atoms with Crippen molar-refractivity contribution in [1.29, 1.82) is 0 Å². The first-order valence-corrected chi connectivity index (χ1v) is 11.1. The molecule has 0 saturated heterocycles. The van der Waals surface area contributed by atoms with Crippen molar-refractivity contribution in [2.24, 2.45) is 5.10 Å². The maximum absolute atomic E-state index is 12.2. The van der Waals surface area contributed by atoms with Gasteiger partial charge in [-0.2, -0.15) is 5.10 Å². The van der Waals surface area contributed by atoms with E-state index in [2.05, 4.69) is 10.5 Å². The van der Waals surface area contributed by atoms with Gasteiger partial charge in [0.1, 0.15) is 6.54 Å². The molecule has 0 aromatic heterocycles. The third-order valence-electron chi connectivity index (χ3n) is 3.88. The summed E-state index contributed by atoms with van der Waals surface area (Å²) in [6, 6.07) is 14.5. The zero-order valence-electron chi connectivity index (χ0n) is 15.5. The van der Waals surface area contributed by atoms with Crippen LogP contribution in [0.2, 0.25) is 10.0 Å². The molecule has 0 saturated carbocycles. The van der Waals surface area contributed by atoms with Crippen molar-refractivity contribution in [3.05, 3.63) is 64.1 Å². The lowest BCUT2D eigenvalue weighted by atomic mass is 10.1. The molecule has 2 aromatic rings. The Bertz CT molecular complexity index is 964. The summed E-state index contributed by atoms with van der Waals surface area (Å²) in [6.45, 7) is 1.33. The highest BCUT2D eigenvalue weighted by Crippen LogP contribution is 2.33. The first kappa shape index (κ1) is 22.2. The minimum Gasteiger partial charge on any atom is -0.271 e. The lowest BCUT2D eigenvalue weighted by Gasteiger charge is -2.22. The molecule has 0 aliphatic rings. The van der Waals surface area contributed by atoms with Crippen molar-refractivity contribution < 1.29 is 13.2 Å². The molecule has 2 aromatic carbocycles. The van der Waals surface area contributed by atoms with Gasteiger partial charge in [-0.15, -0.1) is 0 Å². The molecular weight excluding hydrogens is 421 g/mol. The standard InChI is InChI=1S/C19H21Cl2N3O3S/c1-14(11-12-15-7-4-3-5-8-15)22-23-18(25)13-24(28(2,26)27)17-10-6-9-16(20)19(17)21/h3-10H,11-13H2,1-2H3,(H,23,25)/b22-14-. The summed E-state index contributed by atoms with van der Waals surface area (Å²) < 4.78 is 25.2. The van der Waals surface area contributed by atoms with Gasteiger partial charge in [0.25, 0.3) is 5.91 Å². The molecule has 0 radical (unpaired) electrons. The number of benzene rings is 2. The number of halogens is 2. The number of aryl methyl sites for hydroxylation is 1. The molecule has 1 N–H and O–H groups in total. The van der Waals surface area contributed by atoms with Crippen LogP contribution in [0.15, 0.2) is 53.6 Å². The Balaban J connectivity index is 2.03. The predicted molar refractivity (Wildman–Crippen MR) is 115 cm³/mol. The van der Waals surface area contributed by atoms with Crippen molar-refractivity contribution in [2.45, 2.75) is 19.8 Å². The average molecular weight is 442 g/mol. The lowest BCUT2D eigenvalue weighted by Crippen LogP contribution is -2.39. The van der Waals surface area contributed by atoms with Crippen LogP contribution in [0.4, 0.5) is 5.69 Å². The van der Waals surface area contributed by atoms with Crippen LogP contribution in [-0.2, 0) is 21.2 Å². The summed E-state index contributed by atoms with van der Waals surface area (Å²) in [6.07, 6.45) is 2.45. The van der Waals surface area contributed by atoms with E-state index in [9.17, 15) is 13.2 Å². The van der Waals surface area contributed by atoms with E-state index in [1.54, 1.807) is 13.0 Å². The van der Waals surface area contributed by atoms with Gasteiger partial charge in [0.2, 0.25) is 10.0 Å². The van der Waals surface area contributed by atoms with Crippen LogP contribution in [0.25, 0.3) is 0 Å². The maximum Gasteiger partial charge on any atom is 0.260 e. The van der Waals surface area contributed by atoms with Crippen LogP contribution in [0.3, 0.4) is 0 Å². The van der Waals surface area contributed by atoms with Gasteiger partial charge in [0.05, 0.1) is 22.0 Å². The van der Waals surface area contributed by atoms with Crippen LogP contribution >= 0.6 is 23.2 Å². The summed E-state index contributed by atoms with van der Waals surface area (Å²) >= 11 is 12.1. The first-order chi connectivity index (χ1) is 13.2. The molecule has 0 fully saturated rings. The molecule has 150 valence electrons. The minimum absolute atomic E-state index is 0.0601. The molecular formula is C19H21Cl2N3O3S. The molecule has 6 nitrogen and oxygen atoms in total. The SMILES string of the molecule is C/C(CCc1ccccc1)=N/NC(=O)CN(c1cccc(Cl)c1Cl)S(C)(=O)=O. The van der Waals surface area contributed by atoms with E-state index in [0.29, 0.717) is 6.42 Å². The van der Waals surface area contributed by atoms with Gasteiger partial charge in [0, 0.05) is 5.71 Å². The molecule has 0 spiro atoms. The van der Waals surface area contributed by atoms with Crippen LogP contribution < -0.4 is 9.73 Å². The Morgan fingerprint density at radius 3 is 2.43 bits per heavy atom. The van der Waals surface area contributed by atoms with Crippen molar-refractivity contribution in [2.75, 3.05) is 17.1 Å². The van der Waals surface area contributed by atoms with Gasteiger partial charge in [-0.3, -0.25) is 9.10 Å². The molecule has 0 bridgehead atoms. The Labute approximate surface area is 175 Å². The third kappa shape index (κ3) is 6.51. The number of sulfonamides is 1. The summed E-state index contributed by atoms with van der Waals surface area (Å²) in [5, 5.41) is 4.30. The van der Waals surface area contributed by atoms with Crippen LogP contribution in [0.1, 0.15) is 18.9 Å². The highest BCUT2D eigenvalue weighted by molar-refractivity contribution is 7.92. The maximum atomic E-state index is 12.2. The number of anilines is 1. The second-order valence-corrected chi connectivity index (χ2v) is 8.90. The molecule has 0 aliphatic carbocycles. The number of carbonyl (C=O) groups excluding carboxylic acids is 1. The number of nitrogens with one attached hydrogen (secondary N) is 1. The molecule has 28 heavy (non-hydrogen) atoms. The molecule has 9 heteroatoms. The number of hydrogen-bond donors (Lipinski definition) is 1. The number of rotatable bonds is 8. The second-order valence-electron chi connectivity index (χ2n) is 6.21. The van der Waals surface area contributed by atoms with Gasteiger partial charge in [0.15, 0.2) is 0 Å². The molecule has 0 unspecified atom stereocenters. The van der Waals surface area contributed by atoms with Crippen molar-refractivity contribution >= 4 is 50.5 Å². The van der Waals surface area contributed by atoms with E-state index in [4.69, 9.17) is 23.2 Å². The minimum atomic E-state index is -3.76. The first-order valence-electron chi connectivity index (χ1n) is 8.46. The van der Waals surface area contributed by atoms with Crippen molar-refractivity contribution in [3.63, 3.8) is 0 Å². The van der Waals surface area contributed by atoms with Gasteiger partial charge >= 0.3 is 0 Å². The van der Waals surface area contributed by atoms with Crippen LogP contribution in [-0.4, -0.2) is 32.8 Å². The fourth-order valence-electron chi connectivity index (χ4n) is 2.42. The van der Waals surface area contributed by atoms with Gasteiger partial charge in [-0.1, -0.05) is 59.6 Å². The Morgan fingerprint density at radius 1 is 1.11 bits per heavy atom. The molecule has 2 rings (SSSR count). The summed E-state index contributed by atoms with van der Waals surface area (Å²) in [5.41, 5.74) is 4.42. The predicted octanol–water partition coefficient (Wildman–Crippen LogP) is 3.88. The van der Waals surface area contributed by atoms with Crippen LogP contribution in [0.5, 0.6) is 0 Å².